The Morgan fingerprint density at radius 3 is 2.05 bits per heavy atom. The lowest BCUT2D eigenvalue weighted by atomic mass is 9.98. The predicted octanol–water partition coefficient (Wildman–Crippen LogP) is 6.87. The SMILES string of the molecule is CCCCCCCCN(C(=O)C(CC(C)C)NC(=O)OC(C)(C)C)C(C(=O)NCCCCC)c1ccc(O)cc1. The normalized spacial score (nSPS) is 13.0. The van der Waals surface area contributed by atoms with E-state index in [1.165, 1.54) is 18.6 Å². The van der Waals surface area contributed by atoms with Crippen molar-refractivity contribution in [3.8, 4) is 5.75 Å². The van der Waals surface area contributed by atoms with Crippen LogP contribution in [-0.2, 0) is 14.3 Å². The van der Waals surface area contributed by atoms with E-state index < -0.39 is 23.8 Å². The number of phenols is 1. The van der Waals surface area contributed by atoms with Crippen molar-refractivity contribution in [3.63, 3.8) is 0 Å². The first-order valence-electron chi connectivity index (χ1n) is 15.3. The summed E-state index contributed by atoms with van der Waals surface area (Å²) in [6.07, 6.45) is 8.86. The third kappa shape index (κ3) is 14.0. The molecule has 1 aromatic rings. The number of benzene rings is 1. The lowest BCUT2D eigenvalue weighted by Crippen LogP contribution is -2.53. The molecule has 0 aliphatic carbocycles. The molecule has 40 heavy (non-hydrogen) atoms. The molecule has 0 saturated heterocycles. The molecule has 3 N–H and O–H groups in total. The highest BCUT2D eigenvalue weighted by molar-refractivity contribution is 5.92. The van der Waals surface area contributed by atoms with Gasteiger partial charge in [-0.1, -0.05) is 84.8 Å². The van der Waals surface area contributed by atoms with Gasteiger partial charge in [0.1, 0.15) is 23.4 Å². The van der Waals surface area contributed by atoms with Crippen molar-refractivity contribution in [2.45, 2.75) is 130 Å². The Kier molecular flexibility index (Phi) is 16.4. The first kappa shape index (κ1) is 35.3. The van der Waals surface area contributed by atoms with Crippen molar-refractivity contribution in [2.24, 2.45) is 5.92 Å². The zero-order chi connectivity index (χ0) is 30.1. The van der Waals surface area contributed by atoms with Gasteiger partial charge < -0.3 is 25.4 Å². The number of hydrogen-bond donors (Lipinski definition) is 3. The van der Waals surface area contributed by atoms with Crippen molar-refractivity contribution < 1.29 is 24.2 Å². The summed E-state index contributed by atoms with van der Waals surface area (Å²) in [6.45, 7) is 14.5. The second-order valence-electron chi connectivity index (χ2n) is 12.1. The van der Waals surface area contributed by atoms with Gasteiger partial charge in [-0.3, -0.25) is 9.59 Å². The van der Waals surface area contributed by atoms with E-state index in [4.69, 9.17) is 4.74 Å². The van der Waals surface area contributed by atoms with Crippen LogP contribution in [0.2, 0.25) is 0 Å². The first-order chi connectivity index (χ1) is 18.9. The molecule has 8 heteroatoms. The number of carbonyl (C=O) groups is 3. The maximum atomic E-state index is 14.2. The molecule has 1 aromatic carbocycles. The molecular formula is C32H55N3O5. The first-order valence-corrected chi connectivity index (χ1v) is 15.3. The molecule has 0 radical (unpaired) electrons. The number of rotatable bonds is 18. The van der Waals surface area contributed by atoms with E-state index in [2.05, 4.69) is 24.5 Å². The van der Waals surface area contributed by atoms with Crippen LogP contribution in [0.3, 0.4) is 0 Å². The Hall–Kier alpha value is -2.77. The van der Waals surface area contributed by atoms with Crippen LogP contribution >= 0.6 is 0 Å². The van der Waals surface area contributed by atoms with Gasteiger partial charge in [0.15, 0.2) is 0 Å². The number of phenolic OH excluding ortho intramolecular Hbond substituents is 1. The molecule has 3 amide bonds. The molecule has 0 saturated carbocycles. The average molecular weight is 562 g/mol. The van der Waals surface area contributed by atoms with Gasteiger partial charge in [-0.2, -0.15) is 0 Å². The smallest absolute Gasteiger partial charge is 0.408 e. The number of nitrogens with one attached hydrogen (secondary N) is 2. The summed E-state index contributed by atoms with van der Waals surface area (Å²) in [5, 5.41) is 15.7. The summed E-state index contributed by atoms with van der Waals surface area (Å²) in [4.78, 5) is 42.3. The van der Waals surface area contributed by atoms with Gasteiger partial charge in [-0.15, -0.1) is 0 Å². The van der Waals surface area contributed by atoms with Crippen LogP contribution in [0.15, 0.2) is 24.3 Å². The van der Waals surface area contributed by atoms with Gasteiger partial charge in [0.2, 0.25) is 11.8 Å². The Morgan fingerprint density at radius 2 is 1.48 bits per heavy atom. The number of nitrogens with zero attached hydrogens (tertiary/aromatic N) is 1. The molecule has 1 rings (SSSR count). The number of unbranched alkanes of at least 4 members (excludes halogenated alkanes) is 7. The lowest BCUT2D eigenvalue weighted by Gasteiger charge is -2.35. The number of aromatic hydroxyl groups is 1. The Bertz CT molecular complexity index is 880. The number of carbonyl (C=O) groups excluding carboxylic acids is 3. The van der Waals surface area contributed by atoms with E-state index >= 15 is 0 Å². The standard InChI is InChI=1S/C32H55N3O5/c1-8-10-12-13-14-16-22-35(30(38)27(23-24(3)4)34-31(39)40-32(5,6)7)28(25-17-19-26(36)20-18-25)29(37)33-21-15-11-9-2/h17-20,24,27-28,36H,8-16,21-23H2,1-7H3,(H,33,37)(H,34,39). The molecule has 8 nitrogen and oxygen atoms in total. The predicted molar refractivity (Wildman–Crippen MR) is 161 cm³/mol. The second kappa shape index (κ2) is 18.6. The highest BCUT2D eigenvalue weighted by atomic mass is 16.6. The van der Waals surface area contributed by atoms with Gasteiger partial charge in [0.25, 0.3) is 0 Å². The van der Waals surface area contributed by atoms with E-state index in [-0.39, 0.29) is 23.5 Å². The van der Waals surface area contributed by atoms with E-state index in [1.807, 2.05) is 13.8 Å². The monoisotopic (exact) mass is 561 g/mol. The molecule has 228 valence electrons. The largest absolute Gasteiger partial charge is 0.508 e. The highest BCUT2D eigenvalue weighted by Crippen LogP contribution is 2.26. The van der Waals surface area contributed by atoms with Crippen molar-refractivity contribution in [3.05, 3.63) is 29.8 Å². The third-order valence-corrected chi connectivity index (χ3v) is 6.58. The molecule has 0 aliphatic rings. The van der Waals surface area contributed by atoms with Gasteiger partial charge in [0, 0.05) is 13.1 Å². The molecule has 0 spiro atoms. The lowest BCUT2D eigenvalue weighted by molar-refractivity contribution is -0.143. The quantitative estimate of drug-likeness (QED) is 0.170. The van der Waals surface area contributed by atoms with Crippen LogP contribution in [0.4, 0.5) is 4.79 Å². The number of hydrogen-bond acceptors (Lipinski definition) is 5. The van der Waals surface area contributed by atoms with Crippen LogP contribution in [0.5, 0.6) is 5.75 Å². The van der Waals surface area contributed by atoms with E-state index in [0.29, 0.717) is 25.1 Å². The van der Waals surface area contributed by atoms with Crippen molar-refractivity contribution in [1.29, 1.82) is 0 Å². The number of alkyl carbamates (subject to hydrolysis) is 1. The zero-order valence-corrected chi connectivity index (χ0v) is 26.1. The molecular weight excluding hydrogens is 506 g/mol. The summed E-state index contributed by atoms with van der Waals surface area (Å²) < 4.78 is 5.47. The minimum absolute atomic E-state index is 0.0870. The Balaban J connectivity index is 3.38. The van der Waals surface area contributed by atoms with E-state index in [1.54, 1.807) is 37.8 Å². The van der Waals surface area contributed by atoms with Gasteiger partial charge in [0.05, 0.1) is 0 Å². The number of amides is 3. The molecule has 2 unspecified atom stereocenters. The van der Waals surface area contributed by atoms with Crippen LogP contribution in [0.1, 0.15) is 124 Å². The van der Waals surface area contributed by atoms with Crippen LogP contribution in [0.25, 0.3) is 0 Å². The number of ether oxygens (including phenoxy) is 1. The molecule has 0 aromatic heterocycles. The molecule has 0 bridgehead atoms. The van der Waals surface area contributed by atoms with E-state index in [9.17, 15) is 19.5 Å². The Labute approximate surface area is 242 Å². The fraction of sp³-hybridized carbons (Fsp3) is 0.719. The molecule has 0 aliphatic heterocycles. The van der Waals surface area contributed by atoms with Crippen LogP contribution in [-0.4, -0.2) is 52.6 Å². The summed E-state index contributed by atoms with van der Waals surface area (Å²) in [6, 6.07) is 4.70. The molecule has 0 heterocycles. The fourth-order valence-electron chi connectivity index (χ4n) is 4.58. The fourth-order valence-corrected chi connectivity index (χ4v) is 4.58. The summed E-state index contributed by atoms with van der Waals surface area (Å²) in [7, 11) is 0. The van der Waals surface area contributed by atoms with Crippen molar-refractivity contribution in [1.82, 2.24) is 15.5 Å². The average Bonchev–Trinajstić information content (AvgIpc) is 2.86. The highest BCUT2D eigenvalue weighted by Gasteiger charge is 2.36. The summed E-state index contributed by atoms with van der Waals surface area (Å²) >= 11 is 0. The van der Waals surface area contributed by atoms with Crippen molar-refractivity contribution in [2.75, 3.05) is 13.1 Å². The van der Waals surface area contributed by atoms with Gasteiger partial charge in [-0.05, 0) is 63.6 Å². The minimum Gasteiger partial charge on any atom is -0.508 e. The summed E-state index contributed by atoms with van der Waals surface area (Å²) in [5.74, 6) is -0.365. The maximum absolute atomic E-state index is 14.2. The molecule has 0 fully saturated rings. The molecule has 2 atom stereocenters. The van der Waals surface area contributed by atoms with Crippen LogP contribution in [0, 0.1) is 5.92 Å². The Morgan fingerprint density at radius 1 is 0.900 bits per heavy atom. The minimum atomic E-state index is -0.888. The maximum Gasteiger partial charge on any atom is 0.408 e. The van der Waals surface area contributed by atoms with Gasteiger partial charge >= 0.3 is 6.09 Å². The second-order valence-corrected chi connectivity index (χ2v) is 12.1. The zero-order valence-electron chi connectivity index (χ0n) is 26.1. The topological polar surface area (TPSA) is 108 Å². The third-order valence-electron chi connectivity index (χ3n) is 6.58. The van der Waals surface area contributed by atoms with Crippen LogP contribution < -0.4 is 10.6 Å². The summed E-state index contributed by atoms with van der Waals surface area (Å²) in [5.41, 5.74) is -0.0913. The van der Waals surface area contributed by atoms with Crippen molar-refractivity contribution >= 4 is 17.9 Å². The van der Waals surface area contributed by atoms with Gasteiger partial charge in [-0.25, -0.2) is 4.79 Å². The van der Waals surface area contributed by atoms with E-state index in [0.717, 1.165) is 51.4 Å².